The Morgan fingerprint density at radius 2 is 1.67 bits per heavy atom. The zero-order valence-electron chi connectivity index (χ0n) is 17.6. The molecule has 0 aromatic heterocycles. The van der Waals surface area contributed by atoms with Crippen molar-refractivity contribution < 1.29 is 22.7 Å². The van der Waals surface area contributed by atoms with Crippen LogP contribution in [-0.4, -0.2) is 49.8 Å². The minimum atomic E-state index is -3.66. The molecular weight excluding hydrogens is 404 g/mol. The van der Waals surface area contributed by atoms with Crippen molar-refractivity contribution in [1.29, 1.82) is 0 Å². The molecule has 1 amide bonds. The van der Waals surface area contributed by atoms with Gasteiger partial charge in [-0.1, -0.05) is 38.2 Å². The number of benzene rings is 1. The largest absolute Gasteiger partial charge is 0.449 e. The third-order valence-electron chi connectivity index (χ3n) is 5.88. The number of carbonyl (C=O) groups excluding carboxylic acids is 2. The molecule has 8 heteroatoms. The predicted octanol–water partition coefficient (Wildman–Crippen LogP) is 3.25. The number of nitrogens with zero attached hydrogens (tertiary/aromatic N) is 1. The van der Waals surface area contributed by atoms with Crippen molar-refractivity contribution in [3.63, 3.8) is 0 Å². The maximum Gasteiger partial charge on any atom is 0.338 e. The Balaban J connectivity index is 1.64. The molecule has 3 rings (SSSR count). The zero-order chi connectivity index (χ0) is 21.6. The summed E-state index contributed by atoms with van der Waals surface area (Å²) in [6.07, 6.45) is 8.07. The monoisotopic (exact) mass is 436 g/mol. The topological polar surface area (TPSA) is 92.8 Å². The minimum Gasteiger partial charge on any atom is -0.449 e. The zero-order valence-corrected chi connectivity index (χ0v) is 18.5. The maximum atomic E-state index is 13.0. The number of hydrogen-bond acceptors (Lipinski definition) is 5. The smallest absolute Gasteiger partial charge is 0.338 e. The van der Waals surface area contributed by atoms with Crippen molar-refractivity contribution in [2.45, 2.75) is 81.8 Å². The van der Waals surface area contributed by atoms with Crippen molar-refractivity contribution in [3.05, 3.63) is 29.8 Å². The summed E-state index contributed by atoms with van der Waals surface area (Å²) in [7, 11) is -3.66. The second-order valence-corrected chi connectivity index (χ2v) is 10.2. The summed E-state index contributed by atoms with van der Waals surface area (Å²) in [5.74, 6) is -1.02. The number of rotatable bonds is 6. The van der Waals surface area contributed by atoms with Gasteiger partial charge < -0.3 is 10.1 Å². The molecule has 7 nitrogen and oxygen atoms in total. The molecule has 2 fully saturated rings. The molecule has 1 N–H and O–H groups in total. The molecule has 0 bridgehead atoms. The Morgan fingerprint density at radius 3 is 2.33 bits per heavy atom. The summed E-state index contributed by atoms with van der Waals surface area (Å²) >= 11 is 0. The van der Waals surface area contributed by atoms with Gasteiger partial charge in [-0.3, -0.25) is 4.79 Å². The molecule has 1 aliphatic heterocycles. The van der Waals surface area contributed by atoms with E-state index in [1.54, 1.807) is 0 Å². The first kappa shape index (κ1) is 22.7. The summed E-state index contributed by atoms with van der Waals surface area (Å²) in [6, 6.07) is 6.02. The van der Waals surface area contributed by atoms with E-state index in [4.69, 9.17) is 4.74 Å². The number of carbonyl (C=O) groups is 2. The SMILES string of the molecule is C[C@@H](OC(=O)c1cccc(S(=O)(=O)N2CCCCCC2)c1)C(=O)NC1CCCCC1. The van der Waals surface area contributed by atoms with E-state index in [0.717, 1.165) is 51.4 Å². The van der Waals surface area contributed by atoms with Crippen LogP contribution in [0.5, 0.6) is 0 Å². The predicted molar refractivity (Wildman–Crippen MR) is 114 cm³/mol. The van der Waals surface area contributed by atoms with Gasteiger partial charge in [-0.25, -0.2) is 13.2 Å². The Morgan fingerprint density at radius 1 is 1.03 bits per heavy atom. The van der Waals surface area contributed by atoms with Gasteiger partial charge in [0.15, 0.2) is 6.10 Å². The third-order valence-corrected chi connectivity index (χ3v) is 7.77. The number of ether oxygens (including phenoxy) is 1. The molecule has 30 heavy (non-hydrogen) atoms. The van der Waals surface area contributed by atoms with E-state index in [-0.39, 0.29) is 22.4 Å². The lowest BCUT2D eigenvalue weighted by Gasteiger charge is -2.24. The van der Waals surface area contributed by atoms with Gasteiger partial charge in [-0.15, -0.1) is 0 Å². The van der Waals surface area contributed by atoms with Gasteiger partial charge in [0, 0.05) is 19.1 Å². The molecule has 1 aromatic rings. The average Bonchev–Trinajstić information content (AvgIpc) is 3.04. The second-order valence-electron chi connectivity index (χ2n) is 8.24. The van der Waals surface area contributed by atoms with Crippen LogP contribution in [0.25, 0.3) is 0 Å². The molecule has 0 radical (unpaired) electrons. The quantitative estimate of drug-likeness (QED) is 0.691. The summed E-state index contributed by atoms with van der Waals surface area (Å²) in [4.78, 5) is 25.0. The van der Waals surface area contributed by atoms with Crippen LogP contribution in [0.2, 0.25) is 0 Å². The first-order chi connectivity index (χ1) is 14.4. The second kappa shape index (κ2) is 10.4. The summed E-state index contributed by atoms with van der Waals surface area (Å²) < 4.78 is 32.8. The van der Waals surface area contributed by atoms with Crippen molar-refractivity contribution in [2.24, 2.45) is 0 Å². The molecule has 1 atom stereocenters. The Bertz CT molecular complexity index is 841. The molecule has 1 aliphatic carbocycles. The molecule has 0 spiro atoms. The Labute approximate surface area is 179 Å². The molecule has 166 valence electrons. The minimum absolute atomic E-state index is 0.0816. The number of esters is 1. The Kier molecular flexibility index (Phi) is 7.88. The van der Waals surface area contributed by atoms with Crippen molar-refractivity contribution in [2.75, 3.05) is 13.1 Å². The van der Waals surface area contributed by atoms with Gasteiger partial charge in [0.2, 0.25) is 10.0 Å². The van der Waals surface area contributed by atoms with Gasteiger partial charge >= 0.3 is 5.97 Å². The highest BCUT2D eigenvalue weighted by Gasteiger charge is 2.27. The first-order valence-corrected chi connectivity index (χ1v) is 12.4. The number of hydrogen-bond donors (Lipinski definition) is 1. The van der Waals surface area contributed by atoms with Crippen LogP contribution in [0.15, 0.2) is 29.2 Å². The van der Waals surface area contributed by atoms with E-state index >= 15 is 0 Å². The number of nitrogens with one attached hydrogen (secondary N) is 1. The van der Waals surface area contributed by atoms with Crippen LogP contribution >= 0.6 is 0 Å². The van der Waals surface area contributed by atoms with Crippen LogP contribution in [0.3, 0.4) is 0 Å². The highest BCUT2D eigenvalue weighted by Crippen LogP contribution is 2.22. The normalized spacial score (nSPS) is 20.2. The van der Waals surface area contributed by atoms with E-state index in [2.05, 4.69) is 5.32 Å². The van der Waals surface area contributed by atoms with Gasteiger partial charge in [0.05, 0.1) is 10.5 Å². The van der Waals surface area contributed by atoms with E-state index in [1.165, 1.54) is 41.9 Å². The number of amides is 1. The van der Waals surface area contributed by atoms with Gasteiger partial charge in [0.1, 0.15) is 0 Å². The molecule has 1 heterocycles. The van der Waals surface area contributed by atoms with Crippen LogP contribution in [-0.2, 0) is 19.6 Å². The first-order valence-electron chi connectivity index (χ1n) is 11.0. The van der Waals surface area contributed by atoms with Crippen molar-refractivity contribution in [3.8, 4) is 0 Å². The summed E-state index contributed by atoms with van der Waals surface area (Å²) in [5, 5.41) is 2.94. The highest BCUT2D eigenvalue weighted by atomic mass is 32.2. The molecule has 1 saturated heterocycles. The van der Waals surface area contributed by atoms with E-state index < -0.39 is 22.1 Å². The van der Waals surface area contributed by atoms with E-state index in [1.807, 2.05) is 0 Å². The lowest BCUT2D eigenvalue weighted by atomic mass is 9.95. The molecule has 0 unspecified atom stereocenters. The molecule has 1 aromatic carbocycles. The summed E-state index contributed by atoms with van der Waals surface area (Å²) in [6.45, 7) is 2.53. The standard InChI is InChI=1S/C22H32N2O5S/c1-17(21(25)23-19-11-5-4-6-12-19)29-22(26)18-10-9-13-20(16-18)30(27,28)24-14-7-2-3-8-15-24/h9-10,13,16-17,19H,2-8,11-12,14-15H2,1H3,(H,23,25)/t17-/m1/s1. The maximum absolute atomic E-state index is 13.0. The van der Waals surface area contributed by atoms with Gasteiger partial charge in [-0.05, 0) is 50.8 Å². The van der Waals surface area contributed by atoms with Crippen LogP contribution < -0.4 is 5.32 Å². The molecule has 1 saturated carbocycles. The van der Waals surface area contributed by atoms with E-state index in [9.17, 15) is 18.0 Å². The lowest BCUT2D eigenvalue weighted by molar-refractivity contribution is -0.130. The average molecular weight is 437 g/mol. The van der Waals surface area contributed by atoms with Crippen LogP contribution in [0.4, 0.5) is 0 Å². The fourth-order valence-electron chi connectivity index (χ4n) is 4.06. The fraction of sp³-hybridized carbons (Fsp3) is 0.636. The summed E-state index contributed by atoms with van der Waals surface area (Å²) in [5.41, 5.74) is 0.128. The highest BCUT2D eigenvalue weighted by molar-refractivity contribution is 7.89. The van der Waals surface area contributed by atoms with Gasteiger partial charge in [0.25, 0.3) is 5.91 Å². The van der Waals surface area contributed by atoms with Gasteiger partial charge in [-0.2, -0.15) is 4.31 Å². The molecular formula is C22H32N2O5S. The fourth-order valence-corrected chi connectivity index (χ4v) is 5.63. The van der Waals surface area contributed by atoms with Crippen LogP contribution in [0.1, 0.15) is 75.1 Å². The van der Waals surface area contributed by atoms with Crippen molar-refractivity contribution >= 4 is 21.9 Å². The van der Waals surface area contributed by atoms with Crippen LogP contribution in [0, 0.1) is 0 Å². The third kappa shape index (κ3) is 5.82. The van der Waals surface area contributed by atoms with E-state index in [0.29, 0.717) is 13.1 Å². The van der Waals surface area contributed by atoms with Crippen molar-refractivity contribution in [1.82, 2.24) is 9.62 Å². The number of sulfonamides is 1. The lowest BCUT2D eigenvalue weighted by Crippen LogP contribution is -2.42. The Hall–Kier alpha value is -1.93. The molecule has 2 aliphatic rings.